The Hall–Kier alpha value is -6.65. The lowest BCUT2D eigenvalue weighted by Crippen LogP contribution is -1.96. The van der Waals surface area contributed by atoms with Gasteiger partial charge < -0.3 is 4.57 Å². The van der Waals surface area contributed by atoms with Crippen LogP contribution in [0.1, 0.15) is 0 Å². The maximum atomic E-state index is 5.05. The average Bonchev–Trinajstić information content (AvgIpc) is 3.52. The van der Waals surface area contributed by atoms with Gasteiger partial charge in [0, 0.05) is 45.5 Å². The highest BCUT2D eigenvalue weighted by atomic mass is 15.0. The Morgan fingerprint density at radius 1 is 0.367 bits per heavy atom. The van der Waals surface area contributed by atoms with Crippen LogP contribution in [0.3, 0.4) is 0 Å². The Balaban J connectivity index is 1.11. The smallest absolute Gasteiger partial charge is 0.160 e. The minimum atomic E-state index is 0.702. The molecule has 4 nitrogen and oxygen atoms in total. The third-order valence-corrected chi connectivity index (χ3v) is 9.14. The van der Waals surface area contributed by atoms with Crippen molar-refractivity contribution in [2.45, 2.75) is 0 Å². The van der Waals surface area contributed by atoms with Gasteiger partial charge >= 0.3 is 0 Å². The summed E-state index contributed by atoms with van der Waals surface area (Å²) in [6, 6.07) is 59.5. The predicted octanol–water partition coefficient (Wildman–Crippen LogP) is 11.3. The molecule has 0 radical (unpaired) electrons. The van der Waals surface area contributed by atoms with Crippen LogP contribution in [0.15, 0.2) is 182 Å². The summed E-state index contributed by atoms with van der Waals surface area (Å²) in [7, 11) is 0. The van der Waals surface area contributed by atoms with Crippen molar-refractivity contribution < 1.29 is 0 Å². The van der Waals surface area contributed by atoms with Crippen molar-refractivity contribution in [1.29, 1.82) is 0 Å². The molecule has 49 heavy (non-hydrogen) atoms. The summed E-state index contributed by atoms with van der Waals surface area (Å²) >= 11 is 0. The van der Waals surface area contributed by atoms with Crippen LogP contribution in [0.4, 0.5) is 0 Å². The lowest BCUT2D eigenvalue weighted by Gasteiger charge is -2.11. The second kappa shape index (κ2) is 12.2. The molecule has 0 saturated carbocycles. The molecule has 0 bridgehead atoms. The third kappa shape index (κ3) is 5.35. The van der Waals surface area contributed by atoms with E-state index in [1.165, 1.54) is 27.4 Å². The summed E-state index contributed by atoms with van der Waals surface area (Å²) in [5.74, 6) is 0.702. The zero-order chi connectivity index (χ0) is 32.6. The van der Waals surface area contributed by atoms with Crippen LogP contribution in [0.25, 0.3) is 83.6 Å². The third-order valence-electron chi connectivity index (χ3n) is 9.14. The van der Waals surface area contributed by atoms with Crippen LogP contribution in [0, 0.1) is 0 Å². The molecule has 4 heteroatoms. The first-order valence-electron chi connectivity index (χ1n) is 16.4. The minimum Gasteiger partial charge on any atom is -0.309 e. The molecule has 0 atom stereocenters. The van der Waals surface area contributed by atoms with E-state index >= 15 is 0 Å². The monoisotopic (exact) mass is 626 g/mol. The fourth-order valence-electron chi connectivity index (χ4n) is 6.67. The Morgan fingerprint density at radius 2 is 0.918 bits per heavy atom. The molecule has 0 N–H and O–H groups in total. The van der Waals surface area contributed by atoms with E-state index in [4.69, 9.17) is 9.97 Å². The fourth-order valence-corrected chi connectivity index (χ4v) is 6.67. The van der Waals surface area contributed by atoms with Gasteiger partial charge in [0.1, 0.15) is 0 Å². The number of benzene rings is 6. The maximum absolute atomic E-state index is 5.05. The van der Waals surface area contributed by atoms with Gasteiger partial charge in [0.15, 0.2) is 5.82 Å². The molecule has 230 valence electrons. The van der Waals surface area contributed by atoms with Gasteiger partial charge in [-0.1, -0.05) is 133 Å². The standard InChI is InChI=1S/C45H30N4/c1-3-10-35(11-4-1)45-47-41(29-42(48-45)34-23-19-32(20-24-34)37-12-9-27-46-30-37)33-21-17-31(18-22-33)36-25-26-40-39-15-7-8-16-43(39)49(44(40)28-36)38-13-5-2-6-14-38/h1-30H. The van der Waals surface area contributed by atoms with Gasteiger partial charge in [-0.15, -0.1) is 0 Å². The molecule has 0 fully saturated rings. The summed E-state index contributed by atoms with van der Waals surface area (Å²) in [6.45, 7) is 0. The quantitative estimate of drug-likeness (QED) is 0.184. The number of fused-ring (bicyclic) bond motifs is 3. The molecule has 0 aliphatic rings. The second-order valence-corrected chi connectivity index (χ2v) is 12.1. The van der Waals surface area contributed by atoms with E-state index in [0.717, 1.165) is 50.5 Å². The molecule has 0 saturated heterocycles. The van der Waals surface area contributed by atoms with E-state index in [1.807, 2.05) is 30.5 Å². The number of hydrogen-bond donors (Lipinski definition) is 0. The Labute approximate surface area is 284 Å². The highest BCUT2D eigenvalue weighted by Crippen LogP contribution is 2.36. The molecule has 0 unspecified atom stereocenters. The number of nitrogens with zero attached hydrogens (tertiary/aromatic N) is 4. The Morgan fingerprint density at radius 3 is 1.59 bits per heavy atom. The lowest BCUT2D eigenvalue weighted by molar-refractivity contribution is 1.18. The zero-order valence-electron chi connectivity index (χ0n) is 26.6. The number of hydrogen-bond acceptors (Lipinski definition) is 3. The molecule has 0 aliphatic carbocycles. The Kier molecular flexibility index (Phi) is 7.10. The zero-order valence-corrected chi connectivity index (χ0v) is 26.6. The van der Waals surface area contributed by atoms with E-state index in [-0.39, 0.29) is 0 Å². The SMILES string of the molecule is c1ccc(-c2nc(-c3ccc(-c4cccnc4)cc3)cc(-c3ccc(-c4ccc5c6ccccc6n(-c6ccccc6)c5c4)cc3)n2)cc1. The van der Waals surface area contributed by atoms with Crippen molar-refractivity contribution in [3.63, 3.8) is 0 Å². The summed E-state index contributed by atoms with van der Waals surface area (Å²) in [6.07, 6.45) is 3.68. The van der Waals surface area contributed by atoms with Crippen LogP contribution in [0.5, 0.6) is 0 Å². The summed E-state index contributed by atoms with van der Waals surface area (Å²) in [4.78, 5) is 14.4. The largest absolute Gasteiger partial charge is 0.309 e. The van der Waals surface area contributed by atoms with Gasteiger partial charge in [0.25, 0.3) is 0 Å². The van der Waals surface area contributed by atoms with Crippen molar-refractivity contribution >= 4 is 21.8 Å². The van der Waals surface area contributed by atoms with E-state index < -0.39 is 0 Å². The topological polar surface area (TPSA) is 43.6 Å². The first-order valence-corrected chi connectivity index (χ1v) is 16.4. The van der Waals surface area contributed by atoms with E-state index in [9.17, 15) is 0 Å². The van der Waals surface area contributed by atoms with Crippen LogP contribution in [0.2, 0.25) is 0 Å². The van der Waals surface area contributed by atoms with Gasteiger partial charge in [-0.3, -0.25) is 4.98 Å². The van der Waals surface area contributed by atoms with Gasteiger partial charge in [0.2, 0.25) is 0 Å². The van der Waals surface area contributed by atoms with Crippen molar-refractivity contribution in [1.82, 2.24) is 19.5 Å². The predicted molar refractivity (Wildman–Crippen MR) is 201 cm³/mol. The molecular formula is C45H30N4. The highest BCUT2D eigenvalue weighted by Gasteiger charge is 2.14. The van der Waals surface area contributed by atoms with Crippen molar-refractivity contribution in [3.8, 4) is 61.8 Å². The van der Waals surface area contributed by atoms with Gasteiger partial charge in [-0.05, 0) is 58.7 Å². The van der Waals surface area contributed by atoms with Crippen LogP contribution in [-0.2, 0) is 0 Å². The van der Waals surface area contributed by atoms with Gasteiger partial charge in [-0.25, -0.2) is 9.97 Å². The van der Waals surface area contributed by atoms with E-state index in [2.05, 4.69) is 155 Å². The lowest BCUT2D eigenvalue weighted by atomic mass is 10.00. The normalized spacial score (nSPS) is 11.3. The average molecular weight is 627 g/mol. The maximum Gasteiger partial charge on any atom is 0.160 e. The molecule has 0 aliphatic heterocycles. The molecule has 0 spiro atoms. The first-order chi connectivity index (χ1) is 24.3. The molecule has 9 rings (SSSR count). The number of para-hydroxylation sites is 2. The Bertz CT molecular complexity index is 2560. The van der Waals surface area contributed by atoms with Crippen molar-refractivity contribution in [2.24, 2.45) is 0 Å². The number of rotatable bonds is 6. The van der Waals surface area contributed by atoms with E-state index in [1.54, 1.807) is 6.20 Å². The van der Waals surface area contributed by atoms with Crippen LogP contribution in [-0.4, -0.2) is 19.5 Å². The minimum absolute atomic E-state index is 0.702. The van der Waals surface area contributed by atoms with Crippen molar-refractivity contribution in [2.75, 3.05) is 0 Å². The summed E-state index contributed by atoms with van der Waals surface area (Å²) < 4.78 is 2.36. The second-order valence-electron chi connectivity index (χ2n) is 12.1. The van der Waals surface area contributed by atoms with Crippen molar-refractivity contribution in [3.05, 3.63) is 182 Å². The van der Waals surface area contributed by atoms with Gasteiger partial charge in [0.05, 0.1) is 22.4 Å². The first kappa shape index (κ1) is 28.6. The molecule has 9 aromatic rings. The van der Waals surface area contributed by atoms with Crippen LogP contribution >= 0.6 is 0 Å². The molecule has 0 amide bonds. The summed E-state index contributed by atoms with van der Waals surface area (Å²) in [5, 5.41) is 2.50. The number of pyridine rings is 1. The molecular weight excluding hydrogens is 597 g/mol. The molecule has 3 aromatic heterocycles. The molecule has 3 heterocycles. The van der Waals surface area contributed by atoms with E-state index in [0.29, 0.717) is 5.82 Å². The molecule has 6 aromatic carbocycles. The van der Waals surface area contributed by atoms with Crippen LogP contribution < -0.4 is 0 Å². The number of aromatic nitrogens is 4. The summed E-state index contributed by atoms with van der Waals surface area (Å²) in [5.41, 5.74) is 12.9. The fraction of sp³-hybridized carbons (Fsp3) is 0. The highest BCUT2D eigenvalue weighted by molar-refractivity contribution is 6.10. The van der Waals surface area contributed by atoms with Gasteiger partial charge in [-0.2, -0.15) is 0 Å².